The minimum Gasteiger partial charge on any atom is -0.427 e. The fourth-order valence-electron chi connectivity index (χ4n) is 1.07. The maximum Gasteiger partial charge on any atom is 0.439 e. The third kappa shape index (κ3) is 3.32. The zero-order chi connectivity index (χ0) is 15.9. The van der Waals surface area contributed by atoms with Crippen LogP contribution in [-0.2, 0) is 0 Å². The highest BCUT2D eigenvalue weighted by Crippen LogP contribution is 2.43. The van der Waals surface area contributed by atoms with Crippen LogP contribution in [0.3, 0.4) is 0 Å². The van der Waals surface area contributed by atoms with Crippen LogP contribution in [0.1, 0.15) is 0 Å². The Labute approximate surface area is 117 Å². The van der Waals surface area contributed by atoms with Crippen LogP contribution in [0.5, 0.6) is 5.75 Å². The molecule has 1 aromatic rings. The second-order valence-electron chi connectivity index (χ2n) is 3.47. The summed E-state index contributed by atoms with van der Waals surface area (Å²) >= 11 is 10.6. The van der Waals surface area contributed by atoms with E-state index in [9.17, 15) is 30.7 Å². The summed E-state index contributed by atoms with van der Waals surface area (Å²) in [4.78, 5) is 0. The van der Waals surface area contributed by atoms with Gasteiger partial charge in [0, 0.05) is 0 Å². The van der Waals surface area contributed by atoms with Crippen molar-refractivity contribution in [3.8, 4) is 5.75 Å². The van der Waals surface area contributed by atoms with Crippen LogP contribution in [-0.4, -0.2) is 18.5 Å². The molecule has 1 unspecified atom stereocenters. The van der Waals surface area contributed by atoms with E-state index < -0.39 is 45.8 Å². The van der Waals surface area contributed by atoms with Crippen molar-refractivity contribution in [2.24, 2.45) is 0 Å². The Morgan fingerprint density at radius 1 is 1.15 bits per heavy atom. The number of hydrogen-bond donors (Lipinski definition) is 1. The highest BCUT2D eigenvalue weighted by Gasteiger charge is 2.59. The highest BCUT2D eigenvalue weighted by molar-refractivity contribution is 6.37. The van der Waals surface area contributed by atoms with Gasteiger partial charge < -0.3 is 10.5 Å². The lowest BCUT2D eigenvalue weighted by Gasteiger charge is -2.24. The highest BCUT2D eigenvalue weighted by atomic mass is 35.5. The first-order valence-corrected chi connectivity index (χ1v) is 5.34. The standard InChI is InChI=1S/C9H4Cl2F7NO/c10-2-1-3(19)5(12)4(11)6(2)20-9(17,18)7(13)8(14,15)16/h1,7H,19H2. The maximum atomic E-state index is 13.2. The van der Waals surface area contributed by atoms with Crippen LogP contribution in [0, 0.1) is 5.82 Å². The zero-order valence-corrected chi connectivity index (χ0v) is 10.6. The van der Waals surface area contributed by atoms with Crippen LogP contribution >= 0.6 is 23.2 Å². The average Bonchev–Trinajstić information content (AvgIpc) is 2.30. The number of rotatable bonds is 3. The van der Waals surface area contributed by atoms with Crippen LogP contribution in [0.15, 0.2) is 6.07 Å². The first-order valence-electron chi connectivity index (χ1n) is 4.58. The van der Waals surface area contributed by atoms with Crippen molar-refractivity contribution in [2.45, 2.75) is 18.5 Å². The largest absolute Gasteiger partial charge is 0.439 e. The topological polar surface area (TPSA) is 35.2 Å². The first kappa shape index (κ1) is 17.0. The molecule has 20 heavy (non-hydrogen) atoms. The summed E-state index contributed by atoms with van der Waals surface area (Å²) in [6.45, 7) is 0. The fraction of sp³-hybridized carbons (Fsp3) is 0.333. The van der Waals surface area contributed by atoms with Gasteiger partial charge >= 0.3 is 12.3 Å². The Balaban J connectivity index is 3.20. The lowest BCUT2D eigenvalue weighted by Crippen LogP contribution is -2.45. The monoisotopic (exact) mass is 345 g/mol. The number of benzene rings is 1. The SMILES string of the molecule is Nc1cc(Cl)c(OC(F)(F)C(F)C(F)(F)F)c(Cl)c1F. The smallest absolute Gasteiger partial charge is 0.427 e. The van der Waals surface area contributed by atoms with Gasteiger partial charge in [0.15, 0.2) is 11.6 Å². The maximum absolute atomic E-state index is 13.2. The Morgan fingerprint density at radius 3 is 2.10 bits per heavy atom. The molecule has 0 aliphatic heterocycles. The van der Waals surface area contributed by atoms with Crippen molar-refractivity contribution in [2.75, 3.05) is 5.73 Å². The van der Waals surface area contributed by atoms with Crippen LogP contribution in [0.25, 0.3) is 0 Å². The lowest BCUT2D eigenvalue weighted by atomic mass is 10.3. The van der Waals surface area contributed by atoms with Crippen molar-refractivity contribution in [1.29, 1.82) is 0 Å². The molecule has 2 nitrogen and oxygen atoms in total. The second kappa shape index (κ2) is 5.36. The lowest BCUT2D eigenvalue weighted by molar-refractivity contribution is -0.304. The molecule has 1 rings (SSSR count). The molecule has 0 amide bonds. The predicted molar refractivity (Wildman–Crippen MR) is 57.4 cm³/mol. The molecule has 0 fully saturated rings. The molecule has 0 radical (unpaired) electrons. The Kier molecular flexibility index (Phi) is 4.55. The zero-order valence-electron chi connectivity index (χ0n) is 9.04. The molecule has 0 aromatic heterocycles. The molecule has 0 heterocycles. The van der Waals surface area contributed by atoms with Crippen molar-refractivity contribution in [1.82, 2.24) is 0 Å². The van der Waals surface area contributed by atoms with Crippen molar-refractivity contribution < 1.29 is 35.5 Å². The number of halogens is 9. The van der Waals surface area contributed by atoms with E-state index in [4.69, 9.17) is 28.9 Å². The molecule has 11 heteroatoms. The Hall–Kier alpha value is -1.09. The van der Waals surface area contributed by atoms with Crippen LogP contribution in [0.2, 0.25) is 10.0 Å². The van der Waals surface area contributed by atoms with Gasteiger partial charge in [-0.2, -0.15) is 22.0 Å². The fourth-order valence-corrected chi connectivity index (χ4v) is 1.62. The van der Waals surface area contributed by atoms with Crippen LogP contribution in [0.4, 0.5) is 36.4 Å². The van der Waals surface area contributed by atoms with E-state index in [1.54, 1.807) is 0 Å². The molecule has 0 spiro atoms. The van der Waals surface area contributed by atoms with Crippen molar-refractivity contribution in [3.05, 3.63) is 21.9 Å². The number of ether oxygens (including phenoxy) is 1. The average molecular weight is 346 g/mol. The molecule has 114 valence electrons. The number of alkyl halides is 6. The minimum atomic E-state index is -5.89. The minimum absolute atomic E-state index is 0.578. The van der Waals surface area contributed by atoms with Crippen molar-refractivity contribution in [3.63, 3.8) is 0 Å². The van der Waals surface area contributed by atoms with Gasteiger partial charge in [-0.1, -0.05) is 23.2 Å². The molecule has 1 atom stereocenters. The molecule has 0 saturated heterocycles. The molecule has 0 saturated carbocycles. The van der Waals surface area contributed by atoms with E-state index in [-0.39, 0.29) is 0 Å². The van der Waals surface area contributed by atoms with Gasteiger partial charge in [0.1, 0.15) is 5.02 Å². The normalized spacial score (nSPS) is 14.2. The second-order valence-corrected chi connectivity index (χ2v) is 4.26. The molecule has 1 aromatic carbocycles. The molecular formula is C9H4Cl2F7NO. The number of nitrogen functional groups attached to an aromatic ring is 1. The Morgan fingerprint density at radius 2 is 1.65 bits per heavy atom. The van der Waals surface area contributed by atoms with Gasteiger partial charge in [-0.3, -0.25) is 0 Å². The summed E-state index contributed by atoms with van der Waals surface area (Å²) in [6.07, 6.45) is -15.9. The van der Waals surface area contributed by atoms with Gasteiger partial charge in [0.25, 0.3) is 6.17 Å². The molecule has 0 aliphatic rings. The van der Waals surface area contributed by atoms with Gasteiger partial charge in [-0.05, 0) is 6.07 Å². The Bertz CT molecular complexity index is 520. The molecule has 0 aliphatic carbocycles. The predicted octanol–water partition coefficient (Wildman–Crippen LogP) is 4.59. The van der Waals surface area contributed by atoms with Crippen LogP contribution < -0.4 is 10.5 Å². The number of anilines is 1. The van der Waals surface area contributed by atoms with Gasteiger partial charge in [-0.25, -0.2) is 8.78 Å². The van der Waals surface area contributed by atoms with E-state index >= 15 is 0 Å². The summed E-state index contributed by atoms with van der Waals surface area (Å²) in [5.41, 5.74) is 4.39. The summed E-state index contributed by atoms with van der Waals surface area (Å²) in [5, 5.41) is -1.99. The van der Waals surface area contributed by atoms with E-state index in [0.29, 0.717) is 6.07 Å². The molecule has 0 bridgehead atoms. The van der Waals surface area contributed by atoms with E-state index in [2.05, 4.69) is 4.74 Å². The summed E-state index contributed by atoms with van der Waals surface area (Å²) in [6, 6.07) is 0.578. The van der Waals surface area contributed by atoms with Gasteiger partial charge in [0.2, 0.25) is 0 Å². The third-order valence-electron chi connectivity index (χ3n) is 1.97. The van der Waals surface area contributed by atoms with E-state index in [0.717, 1.165) is 0 Å². The molecule has 2 N–H and O–H groups in total. The summed E-state index contributed by atoms with van der Waals surface area (Å²) in [7, 11) is 0. The van der Waals surface area contributed by atoms with E-state index in [1.807, 2.05) is 0 Å². The number of hydrogen-bond acceptors (Lipinski definition) is 2. The quantitative estimate of drug-likeness (QED) is 0.494. The number of nitrogens with two attached hydrogens (primary N) is 1. The molecular weight excluding hydrogens is 342 g/mol. The first-order chi connectivity index (χ1) is 8.88. The van der Waals surface area contributed by atoms with E-state index in [1.165, 1.54) is 0 Å². The summed E-state index contributed by atoms with van der Waals surface area (Å²) in [5.74, 6) is -2.79. The third-order valence-corrected chi connectivity index (χ3v) is 2.58. The summed E-state index contributed by atoms with van der Waals surface area (Å²) < 4.78 is 91.0. The van der Waals surface area contributed by atoms with Gasteiger partial charge in [0.05, 0.1) is 10.7 Å². The van der Waals surface area contributed by atoms with Crippen molar-refractivity contribution >= 4 is 28.9 Å². The van der Waals surface area contributed by atoms with Gasteiger partial charge in [-0.15, -0.1) is 0 Å².